The van der Waals surface area contributed by atoms with Gasteiger partial charge in [-0.1, -0.05) is 12.1 Å². The van der Waals surface area contributed by atoms with Gasteiger partial charge in [-0.3, -0.25) is 19.7 Å². The number of hydrogen-bond acceptors (Lipinski definition) is 6. The Kier molecular flexibility index (Phi) is 5.84. The van der Waals surface area contributed by atoms with Gasteiger partial charge in [0.2, 0.25) is 5.91 Å². The molecule has 2 aromatic heterocycles. The van der Waals surface area contributed by atoms with Crippen LogP contribution in [0.5, 0.6) is 5.75 Å². The van der Waals surface area contributed by atoms with Crippen molar-refractivity contribution in [2.75, 3.05) is 33.4 Å². The number of aromatic nitrogens is 2. The third-order valence-electron chi connectivity index (χ3n) is 7.59. The normalized spacial score (nSPS) is 25.0. The Labute approximate surface area is 208 Å². The fourth-order valence-electron chi connectivity index (χ4n) is 5.25. The molecule has 6 rings (SSSR count). The van der Waals surface area contributed by atoms with Crippen molar-refractivity contribution in [2.24, 2.45) is 0 Å². The first-order chi connectivity index (χ1) is 17.4. The first kappa shape index (κ1) is 23.2. The Morgan fingerprint density at radius 1 is 1.17 bits per heavy atom. The van der Waals surface area contributed by atoms with E-state index in [2.05, 4.69) is 9.97 Å². The van der Waals surface area contributed by atoms with Crippen LogP contribution in [0.4, 0.5) is 8.78 Å². The minimum atomic E-state index is -1.26. The van der Waals surface area contributed by atoms with E-state index in [0.29, 0.717) is 30.8 Å². The SMILES string of the molecule is COc1cnc2cc(-c3cnc(CN4CC[C@]5(CN(C6CC6)C(=O)CO5)[C@H](F)C4)c(F)c3)ccc2c1. The van der Waals surface area contributed by atoms with Crippen LogP contribution in [0.15, 0.2) is 42.7 Å². The number of likely N-dealkylation sites (tertiary alicyclic amines) is 1. The van der Waals surface area contributed by atoms with Crippen molar-refractivity contribution in [1.82, 2.24) is 19.8 Å². The Balaban J connectivity index is 1.14. The van der Waals surface area contributed by atoms with Gasteiger partial charge in [-0.05, 0) is 43.0 Å². The van der Waals surface area contributed by atoms with E-state index in [1.165, 1.54) is 6.07 Å². The molecule has 0 bridgehead atoms. The molecule has 1 aliphatic carbocycles. The number of pyridine rings is 2. The van der Waals surface area contributed by atoms with E-state index in [0.717, 1.165) is 29.3 Å². The summed E-state index contributed by atoms with van der Waals surface area (Å²) < 4.78 is 41.4. The lowest BCUT2D eigenvalue weighted by atomic mass is 9.87. The second kappa shape index (κ2) is 9.05. The second-order valence-electron chi connectivity index (χ2n) is 9.99. The summed E-state index contributed by atoms with van der Waals surface area (Å²) in [5.74, 6) is 0.201. The van der Waals surface area contributed by atoms with Gasteiger partial charge in [-0.2, -0.15) is 0 Å². The van der Waals surface area contributed by atoms with Crippen molar-refractivity contribution in [3.63, 3.8) is 0 Å². The molecular formula is C27H28F2N4O3. The minimum absolute atomic E-state index is 0.0500. The number of benzene rings is 1. The predicted molar refractivity (Wildman–Crippen MR) is 130 cm³/mol. The molecule has 1 saturated carbocycles. The van der Waals surface area contributed by atoms with Crippen molar-refractivity contribution in [3.8, 4) is 16.9 Å². The standard InChI is InChI=1S/C27H28F2N4O3/c1-35-21-8-18-3-2-17(10-23(18)31-12-21)19-9-22(28)24(30-11-19)13-32-7-6-27(25(29)14-32)16-33(20-4-5-20)26(34)15-36-27/h2-3,8-12,20,25H,4-7,13-16H2,1H3/t25-,27+/m1/s1. The molecule has 3 fully saturated rings. The average molecular weight is 495 g/mol. The molecule has 3 aliphatic rings. The topological polar surface area (TPSA) is 67.8 Å². The zero-order chi connectivity index (χ0) is 24.9. The lowest BCUT2D eigenvalue weighted by Crippen LogP contribution is -2.64. The number of hydrogen-bond donors (Lipinski definition) is 0. The van der Waals surface area contributed by atoms with E-state index < -0.39 is 17.6 Å². The minimum Gasteiger partial charge on any atom is -0.495 e. The number of carbonyl (C=O) groups excluding carboxylic acids is 1. The number of rotatable bonds is 5. The summed E-state index contributed by atoms with van der Waals surface area (Å²) in [4.78, 5) is 24.6. The highest BCUT2D eigenvalue weighted by Crippen LogP contribution is 2.38. The maximum atomic E-state index is 15.4. The Hall–Kier alpha value is -3.17. The maximum Gasteiger partial charge on any atom is 0.248 e. The molecule has 2 atom stereocenters. The molecule has 0 N–H and O–H groups in total. The molecule has 188 valence electrons. The molecule has 1 aromatic carbocycles. The Bertz CT molecular complexity index is 1320. The smallest absolute Gasteiger partial charge is 0.248 e. The van der Waals surface area contributed by atoms with Gasteiger partial charge in [0.15, 0.2) is 0 Å². The van der Waals surface area contributed by atoms with Crippen LogP contribution in [0.3, 0.4) is 0 Å². The van der Waals surface area contributed by atoms with Crippen LogP contribution in [-0.4, -0.2) is 76.8 Å². The van der Waals surface area contributed by atoms with Crippen molar-refractivity contribution in [3.05, 3.63) is 54.2 Å². The Morgan fingerprint density at radius 3 is 2.78 bits per heavy atom. The van der Waals surface area contributed by atoms with Gasteiger partial charge in [0, 0.05) is 42.8 Å². The number of halogens is 2. The number of amides is 1. The van der Waals surface area contributed by atoms with Gasteiger partial charge >= 0.3 is 0 Å². The van der Waals surface area contributed by atoms with Crippen LogP contribution in [0, 0.1) is 5.82 Å². The number of methoxy groups -OCH3 is 1. The Morgan fingerprint density at radius 2 is 2.03 bits per heavy atom. The van der Waals surface area contributed by atoms with E-state index in [9.17, 15) is 4.79 Å². The molecule has 36 heavy (non-hydrogen) atoms. The number of fused-ring (bicyclic) bond motifs is 1. The lowest BCUT2D eigenvalue weighted by molar-refractivity contribution is -0.189. The van der Waals surface area contributed by atoms with Gasteiger partial charge in [0.1, 0.15) is 29.9 Å². The van der Waals surface area contributed by atoms with E-state index in [1.54, 1.807) is 24.4 Å². The quantitative estimate of drug-likeness (QED) is 0.538. The van der Waals surface area contributed by atoms with Crippen LogP contribution in [-0.2, 0) is 16.1 Å². The monoisotopic (exact) mass is 494 g/mol. The van der Waals surface area contributed by atoms with Gasteiger partial charge in [-0.15, -0.1) is 0 Å². The number of carbonyl (C=O) groups is 1. The summed E-state index contributed by atoms with van der Waals surface area (Å²) in [5, 5.41) is 0.929. The van der Waals surface area contributed by atoms with E-state index in [4.69, 9.17) is 9.47 Å². The van der Waals surface area contributed by atoms with Gasteiger partial charge < -0.3 is 14.4 Å². The van der Waals surface area contributed by atoms with E-state index >= 15 is 8.78 Å². The fraction of sp³-hybridized carbons (Fsp3) is 0.444. The zero-order valence-electron chi connectivity index (χ0n) is 20.1. The average Bonchev–Trinajstić information content (AvgIpc) is 3.73. The molecule has 0 unspecified atom stereocenters. The maximum absolute atomic E-state index is 15.4. The first-order valence-electron chi connectivity index (χ1n) is 12.3. The van der Waals surface area contributed by atoms with Crippen molar-refractivity contribution in [1.29, 1.82) is 0 Å². The third kappa shape index (κ3) is 4.30. The lowest BCUT2D eigenvalue weighted by Gasteiger charge is -2.48. The molecule has 2 aliphatic heterocycles. The van der Waals surface area contributed by atoms with Crippen LogP contribution in [0.1, 0.15) is 25.0 Å². The molecule has 3 aromatic rings. The summed E-state index contributed by atoms with van der Waals surface area (Å²) in [5.41, 5.74) is 1.56. The molecule has 7 nitrogen and oxygen atoms in total. The van der Waals surface area contributed by atoms with Crippen LogP contribution >= 0.6 is 0 Å². The van der Waals surface area contributed by atoms with Crippen LogP contribution < -0.4 is 4.74 Å². The zero-order valence-corrected chi connectivity index (χ0v) is 20.1. The molecule has 1 spiro atoms. The molecule has 9 heteroatoms. The van der Waals surface area contributed by atoms with Crippen molar-refractivity contribution >= 4 is 16.8 Å². The number of alkyl halides is 1. The number of piperidine rings is 1. The van der Waals surface area contributed by atoms with Gasteiger partial charge in [0.25, 0.3) is 0 Å². The molecule has 1 amide bonds. The largest absolute Gasteiger partial charge is 0.495 e. The highest BCUT2D eigenvalue weighted by Gasteiger charge is 2.51. The summed E-state index contributed by atoms with van der Waals surface area (Å²) in [6, 6.07) is 9.31. The van der Waals surface area contributed by atoms with Crippen LogP contribution in [0.2, 0.25) is 0 Å². The summed E-state index contributed by atoms with van der Waals surface area (Å²) in [6.07, 6.45) is 4.46. The third-order valence-corrected chi connectivity index (χ3v) is 7.59. The van der Waals surface area contributed by atoms with Gasteiger partial charge in [0.05, 0.1) is 31.1 Å². The van der Waals surface area contributed by atoms with E-state index in [-0.39, 0.29) is 37.3 Å². The first-order valence-corrected chi connectivity index (χ1v) is 12.3. The number of nitrogens with zero attached hydrogens (tertiary/aromatic N) is 4. The molecule has 2 saturated heterocycles. The summed E-state index contributed by atoms with van der Waals surface area (Å²) >= 11 is 0. The van der Waals surface area contributed by atoms with Crippen molar-refractivity contribution in [2.45, 2.75) is 43.6 Å². The highest BCUT2D eigenvalue weighted by atomic mass is 19.1. The molecule has 0 radical (unpaired) electrons. The molecular weight excluding hydrogens is 466 g/mol. The van der Waals surface area contributed by atoms with Gasteiger partial charge in [-0.25, -0.2) is 8.78 Å². The highest BCUT2D eigenvalue weighted by molar-refractivity contribution is 5.85. The van der Waals surface area contributed by atoms with E-state index in [1.807, 2.05) is 29.2 Å². The second-order valence-corrected chi connectivity index (χ2v) is 9.99. The predicted octanol–water partition coefficient (Wildman–Crippen LogP) is 3.75. The van der Waals surface area contributed by atoms with Crippen LogP contribution in [0.25, 0.3) is 22.0 Å². The fourth-order valence-corrected chi connectivity index (χ4v) is 5.25. The summed E-state index contributed by atoms with van der Waals surface area (Å²) in [7, 11) is 1.59. The van der Waals surface area contributed by atoms with Crippen molar-refractivity contribution < 1.29 is 23.0 Å². The summed E-state index contributed by atoms with van der Waals surface area (Å²) in [6.45, 7) is 1.13. The number of ether oxygens (including phenoxy) is 2. The molecule has 4 heterocycles. The number of morpholine rings is 1.